The monoisotopic (exact) mass is 678 g/mol. The van der Waals surface area contributed by atoms with E-state index in [1.54, 1.807) is 50.3 Å². The molecule has 204 valence electrons. The molecule has 4 rings (SSSR count). The van der Waals surface area contributed by atoms with E-state index in [1.807, 2.05) is 0 Å². The molecule has 1 aromatic heterocycles. The zero-order valence-electron chi connectivity index (χ0n) is 21.7. The van der Waals surface area contributed by atoms with E-state index in [0.29, 0.717) is 46.6 Å². The molecule has 0 fully saturated rings. The summed E-state index contributed by atoms with van der Waals surface area (Å²) in [6.45, 7) is 4.87. The van der Waals surface area contributed by atoms with E-state index in [1.165, 1.54) is 25.7 Å². The largest absolute Gasteiger partial charge is 0.497 e. The number of rotatable bonds is 7. The Morgan fingerprint density at radius 3 is 2.54 bits per heavy atom. The Morgan fingerprint density at radius 2 is 1.90 bits per heavy atom. The molecule has 9 nitrogen and oxygen atoms in total. The van der Waals surface area contributed by atoms with Crippen LogP contribution >= 0.6 is 43.2 Å². The maximum Gasteiger partial charge on any atom is 0.338 e. The topological polar surface area (TPSA) is 105 Å². The van der Waals surface area contributed by atoms with Gasteiger partial charge in [0.2, 0.25) is 0 Å². The highest BCUT2D eigenvalue weighted by Crippen LogP contribution is 2.38. The Bertz CT molecular complexity index is 1690. The highest BCUT2D eigenvalue weighted by Gasteiger charge is 2.35. The summed E-state index contributed by atoms with van der Waals surface area (Å²) in [7, 11) is 3.04. The molecular formula is C27H24Br2N2O7S. The minimum atomic E-state index is -0.870. The summed E-state index contributed by atoms with van der Waals surface area (Å²) in [5, 5.41) is 0. The molecule has 0 aliphatic carbocycles. The molecule has 0 N–H and O–H groups in total. The normalized spacial score (nSPS) is 14.9. The molecule has 0 amide bonds. The Balaban J connectivity index is 2.02. The van der Waals surface area contributed by atoms with E-state index in [9.17, 15) is 14.4 Å². The molecule has 0 spiro atoms. The van der Waals surface area contributed by atoms with Crippen molar-refractivity contribution in [3.63, 3.8) is 0 Å². The number of carbonyl (C=O) groups excluding carboxylic acids is 2. The van der Waals surface area contributed by atoms with Gasteiger partial charge in [-0.25, -0.2) is 9.79 Å². The number of hydrogen-bond donors (Lipinski definition) is 0. The van der Waals surface area contributed by atoms with Gasteiger partial charge in [-0.1, -0.05) is 27.3 Å². The first-order valence-corrected chi connectivity index (χ1v) is 14.1. The van der Waals surface area contributed by atoms with Crippen LogP contribution in [-0.4, -0.2) is 37.3 Å². The number of fused-ring (bicyclic) bond motifs is 1. The van der Waals surface area contributed by atoms with Gasteiger partial charge in [-0.3, -0.25) is 14.2 Å². The van der Waals surface area contributed by atoms with Crippen molar-refractivity contribution in [3.8, 4) is 17.2 Å². The van der Waals surface area contributed by atoms with Crippen LogP contribution in [0.15, 0.2) is 60.3 Å². The van der Waals surface area contributed by atoms with Crippen molar-refractivity contribution in [2.75, 3.05) is 20.8 Å². The molecule has 1 atom stereocenters. The van der Waals surface area contributed by atoms with Gasteiger partial charge in [0.15, 0.2) is 10.6 Å². The number of benzene rings is 2. The fourth-order valence-electron chi connectivity index (χ4n) is 4.21. The molecule has 12 heteroatoms. The Hall–Kier alpha value is -3.22. The third-order valence-corrected chi connectivity index (χ3v) is 7.85. The van der Waals surface area contributed by atoms with Gasteiger partial charge >= 0.3 is 11.9 Å². The zero-order chi connectivity index (χ0) is 28.4. The van der Waals surface area contributed by atoms with E-state index in [0.717, 1.165) is 11.3 Å². The van der Waals surface area contributed by atoms with Crippen LogP contribution in [0.2, 0.25) is 0 Å². The standard InChI is InChI=1S/C27H24Br2N2O7S/c1-6-37-26(34)22-13(2)30-27-31(23(22)18-8-7-17(35-4)12-20(18)36-5)25(33)21(39-27)10-15-9-16(28)11-19(29)24(15)38-14(3)32/h7-12,23H,6H2,1-5H3/b21-10-/t23-/m0/s1. The second-order valence-corrected chi connectivity index (χ2v) is 11.1. The number of ether oxygens (including phenoxy) is 4. The number of thiazole rings is 1. The van der Waals surface area contributed by atoms with Gasteiger partial charge in [0.25, 0.3) is 5.56 Å². The van der Waals surface area contributed by atoms with Gasteiger partial charge in [0.1, 0.15) is 17.5 Å². The summed E-state index contributed by atoms with van der Waals surface area (Å²) < 4.78 is 24.8. The molecule has 0 saturated carbocycles. The van der Waals surface area contributed by atoms with Gasteiger partial charge in [0.05, 0.1) is 41.1 Å². The second-order valence-electron chi connectivity index (χ2n) is 8.31. The molecular weight excluding hydrogens is 656 g/mol. The van der Waals surface area contributed by atoms with Crippen molar-refractivity contribution in [2.24, 2.45) is 4.99 Å². The lowest BCUT2D eigenvalue weighted by Gasteiger charge is -2.26. The minimum absolute atomic E-state index is 0.156. The van der Waals surface area contributed by atoms with Gasteiger partial charge in [-0.2, -0.15) is 0 Å². The van der Waals surface area contributed by atoms with Gasteiger partial charge in [0, 0.05) is 28.6 Å². The molecule has 2 heterocycles. The van der Waals surface area contributed by atoms with Crippen molar-refractivity contribution in [1.29, 1.82) is 0 Å². The molecule has 1 aliphatic rings. The van der Waals surface area contributed by atoms with E-state index in [4.69, 9.17) is 18.9 Å². The number of allylic oxidation sites excluding steroid dienone is 1. The molecule has 0 radical (unpaired) electrons. The van der Waals surface area contributed by atoms with Crippen LogP contribution < -0.4 is 29.1 Å². The number of carbonyl (C=O) groups is 2. The van der Waals surface area contributed by atoms with Crippen LogP contribution in [0.3, 0.4) is 0 Å². The molecule has 0 bridgehead atoms. The molecule has 0 unspecified atom stereocenters. The highest BCUT2D eigenvalue weighted by molar-refractivity contribution is 9.11. The molecule has 2 aromatic carbocycles. The van der Waals surface area contributed by atoms with Crippen LogP contribution in [0.4, 0.5) is 0 Å². The maximum atomic E-state index is 14.0. The van der Waals surface area contributed by atoms with Crippen molar-refractivity contribution >= 4 is 61.2 Å². The summed E-state index contributed by atoms with van der Waals surface area (Å²) in [5.74, 6) is 0.172. The molecule has 0 saturated heterocycles. The lowest BCUT2D eigenvalue weighted by Crippen LogP contribution is -2.40. The minimum Gasteiger partial charge on any atom is -0.497 e. The van der Waals surface area contributed by atoms with Gasteiger partial charge in [-0.15, -0.1) is 0 Å². The Labute approximate surface area is 244 Å². The van der Waals surface area contributed by atoms with Crippen LogP contribution in [0.25, 0.3) is 6.08 Å². The van der Waals surface area contributed by atoms with Crippen molar-refractivity contribution in [2.45, 2.75) is 26.8 Å². The van der Waals surface area contributed by atoms with Crippen LogP contribution in [0, 0.1) is 0 Å². The third-order valence-electron chi connectivity index (χ3n) is 5.82. The summed E-state index contributed by atoms with van der Waals surface area (Å²) in [4.78, 5) is 43.9. The summed E-state index contributed by atoms with van der Waals surface area (Å²) in [5.41, 5.74) is 1.33. The fraction of sp³-hybridized carbons (Fsp3) is 0.259. The fourth-order valence-corrected chi connectivity index (χ4v) is 6.59. The summed E-state index contributed by atoms with van der Waals surface area (Å²) in [6.07, 6.45) is 1.63. The average Bonchev–Trinajstić information content (AvgIpc) is 3.18. The van der Waals surface area contributed by atoms with E-state index < -0.39 is 18.0 Å². The number of hydrogen-bond acceptors (Lipinski definition) is 9. The number of aromatic nitrogens is 1. The van der Waals surface area contributed by atoms with E-state index in [2.05, 4.69) is 36.9 Å². The molecule has 3 aromatic rings. The number of halogens is 2. The summed E-state index contributed by atoms with van der Waals surface area (Å²) in [6, 6.07) is 7.78. The lowest BCUT2D eigenvalue weighted by atomic mass is 9.95. The van der Waals surface area contributed by atoms with Crippen molar-refractivity contribution in [3.05, 3.63) is 81.4 Å². The smallest absolute Gasteiger partial charge is 0.338 e. The first-order valence-electron chi connectivity index (χ1n) is 11.7. The Kier molecular flexibility index (Phi) is 8.77. The first kappa shape index (κ1) is 28.8. The van der Waals surface area contributed by atoms with Gasteiger partial charge in [-0.05, 0) is 60.1 Å². The number of nitrogens with zero attached hydrogens (tertiary/aromatic N) is 2. The second kappa shape index (κ2) is 11.9. The number of esters is 2. The predicted octanol–water partition coefficient (Wildman–Crippen LogP) is 4.27. The quantitative estimate of drug-likeness (QED) is 0.271. The van der Waals surface area contributed by atoms with Crippen LogP contribution in [-0.2, 0) is 14.3 Å². The SMILES string of the molecule is CCOC(=O)C1=C(C)N=c2s/c(=C\c3cc(Br)cc(Br)c3OC(C)=O)c(=O)n2[C@H]1c1ccc(OC)cc1OC. The molecule has 39 heavy (non-hydrogen) atoms. The maximum absolute atomic E-state index is 14.0. The van der Waals surface area contributed by atoms with Crippen LogP contribution in [0.1, 0.15) is 37.9 Å². The van der Waals surface area contributed by atoms with Crippen LogP contribution in [0.5, 0.6) is 17.2 Å². The first-order chi connectivity index (χ1) is 18.6. The van der Waals surface area contributed by atoms with Crippen molar-refractivity contribution < 1.29 is 28.5 Å². The zero-order valence-corrected chi connectivity index (χ0v) is 25.7. The third kappa shape index (κ3) is 5.73. The number of methoxy groups -OCH3 is 2. The highest BCUT2D eigenvalue weighted by atomic mass is 79.9. The van der Waals surface area contributed by atoms with E-state index in [-0.39, 0.29) is 23.5 Å². The van der Waals surface area contributed by atoms with Crippen molar-refractivity contribution in [1.82, 2.24) is 4.57 Å². The molecule has 1 aliphatic heterocycles. The lowest BCUT2D eigenvalue weighted by molar-refractivity contribution is -0.139. The average molecular weight is 680 g/mol. The summed E-state index contributed by atoms with van der Waals surface area (Å²) >= 11 is 8.02. The van der Waals surface area contributed by atoms with E-state index >= 15 is 0 Å². The Morgan fingerprint density at radius 1 is 1.15 bits per heavy atom. The predicted molar refractivity (Wildman–Crippen MR) is 153 cm³/mol. The van der Waals surface area contributed by atoms with Gasteiger partial charge < -0.3 is 18.9 Å².